The molecule has 0 saturated carbocycles. The molecule has 48 heavy (non-hydrogen) atoms. The van der Waals surface area contributed by atoms with Gasteiger partial charge in [-0.2, -0.15) is 0 Å². The number of nitrogens with one attached hydrogen (secondary N) is 1. The largest absolute Gasteiger partial charge is 0.450 e. The molecule has 0 aliphatic carbocycles. The minimum absolute atomic E-state index is 0.251. The fourth-order valence-electron chi connectivity index (χ4n) is 5.88. The van der Waals surface area contributed by atoms with Crippen LogP contribution in [-0.2, 0) is 4.74 Å². The number of aliphatic hydroxyl groups excluding tert-OH is 1. The maximum Gasteiger partial charge on any atom is 0.407 e. The molecule has 0 saturated heterocycles. The highest BCUT2D eigenvalue weighted by molar-refractivity contribution is 5.67. The Morgan fingerprint density at radius 3 is 1.50 bits per heavy atom. The van der Waals surface area contributed by atoms with Crippen LogP contribution in [0.15, 0.2) is 48.6 Å². The zero-order chi connectivity index (χ0) is 35.0. The van der Waals surface area contributed by atoms with Gasteiger partial charge in [0.1, 0.15) is 0 Å². The maximum absolute atomic E-state index is 12.3. The van der Waals surface area contributed by atoms with Gasteiger partial charge < -0.3 is 20.1 Å². The molecule has 0 spiro atoms. The second kappa shape index (κ2) is 39.6. The van der Waals surface area contributed by atoms with Gasteiger partial charge in [0.05, 0.1) is 6.61 Å². The van der Waals surface area contributed by atoms with Gasteiger partial charge in [-0.3, -0.25) is 0 Å². The van der Waals surface area contributed by atoms with E-state index in [1.165, 1.54) is 128 Å². The molecule has 0 aromatic rings. The normalized spacial score (nSPS) is 12.9. The summed E-state index contributed by atoms with van der Waals surface area (Å²) in [5.74, 6) is 0.555. The van der Waals surface area contributed by atoms with Crippen molar-refractivity contribution < 1.29 is 14.6 Å². The summed E-state index contributed by atoms with van der Waals surface area (Å²) < 4.78 is 5.41. The number of ether oxygens (including phenoxy) is 1. The van der Waals surface area contributed by atoms with Crippen molar-refractivity contribution in [3.8, 4) is 0 Å². The van der Waals surface area contributed by atoms with Gasteiger partial charge in [-0.1, -0.05) is 133 Å². The van der Waals surface area contributed by atoms with Crippen molar-refractivity contribution in [1.82, 2.24) is 10.2 Å². The number of unbranched alkanes of at least 4 members (excludes halogenated alkanes) is 17. The van der Waals surface area contributed by atoms with E-state index in [0.29, 0.717) is 19.1 Å². The van der Waals surface area contributed by atoms with Gasteiger partial charge >= 0.3 is 6.09 Å². The van der Waals surface area contributed by atoms with Crippen molar-refractivity contribution in [3.63, 3.8) is 0 Å². The second-order valence-corrected chi connectivity index (χ2v) is 14.0. The quantitative estimate of drug-likeness (QED) is 0.0514. The molecule has 5 nitrogen and oxygen atoms in total. The van der Waals surface area contributed by atoms with Gasteiger partial charge in [-0.15, -0.1) is 0 Å². The van der Waals surface area contributed by atoms with Gasteiger partial charge in [-0.05, 0) is 110 Å². The first-order valence-corrected chi connectivity index (χ1v) is 20.4. The Bertz CT molecular complexity index is 726. The van der Waals surface area contributed by atoms with Gasteiger partial charge in [0.25, 0.3) is 0 Å². The van der Waals surface area contributed by atoms with E-state index in [2.05, 4.69) is 65.7 Å². The van der Waals surface area contributed by atoms with Gasteiger partial charge in [0, 0.05) is 19.7 Å². The number of hydrogen-bond donors (Lipinski definition) is 2. The molecule has 0 aliphatic rings. The Morgan fingerprint density at radius 2 is 1.04 bits per heavy atom. The fourth-order valence-corrected chi connectivity index (χ4v) is 5.88. The average molecular weight is 673 g/mol. The number of nitrogens with zero attached hydrogens (tertiary/aromatic N) is 1. The van der Waals surface area contributed by atoms with E-state index in [1.54, 1.807) is 0 Å². The van der Waals surface area contributed by atoms with Crippen LogP contribution in [0.4, 0.5) is 4.79 Å². The van der Waals surface area contributed by atoms with Crippen molar-refractivity contribution in [2.45, 2.75) is 174 Å². The summed E-state index contributed by atoms with van der Waals surface area (Å²) in [6.45, 7) is 4.73. The smallest absolute Gasteiger partial charge is 0.407 e. The first-order valence-electron chi connectivity index (χ1n) is 20.4. The second-order valence-electron chi connectivity index (χ2n) is 14.0. The molecule has 280 valence electrons. The topological polar surface area (TPSA) is 61.8 Å². The zero-order valence-electron chi connectivity index (χ0n) is 32.1. The molecule has 2 N–H and O–H groups in total. The van der Waals surface area contributed by atoms with Gasteiger partial charge in [-0.25, -0.2) is 4.79 Å². The number of rotatable bonds is 36. The standard InChI is InChI=1S/C43H80N2O3/c1-4-5-6-7-8-9-10-11-12-14-17-20-23-26-29-32-36-42(41-44-43(47)48-40-35-38-45(2)3)37-33-30-27-24-21-18-15-13-16-19-22-25-28-31-34-39-46/h8-9,11-13,16,22,25,42,46H,4-7,10,14-15,17-21,23-24,26-41H2,1-3H3,(H,44,47)/b9-8-,12-11-,16-13-,25-22-. The number of allylic oxidation sites excluding steroid dienone is 8. The molecule has 0 heterocycles. The Morgan fingerprint density at radius 1 is 0.604 bits per heavy atom. The lowest BCUT2D eigenvalue weighted by molar-refractivity contribution is 0.139. The Labute approximate surface area is 299 Å². The van der Waals surface area contributed by atoms with Crippen molar-refractivity contribution in [2.24, 2.45) is 5.92 Å². The molecule has 1 amide bonds. The van der Waals surface area contributed by atoms with Gasteiger partial charge in [0.15, 0.2) is 0 Å². The summed E-state index contributed by atoms with van der Waals surface area (Å²) in [6.07, 6.45) is 49.9. The number of amides is 1. The van der Waals surface area contributed by atoms with E-state index in [0.717, 1.165) is 51.6 Å². The molecule has 0 radical (unpaired) electrons. The van der Waals surface area contributed by atoms with Crippen molar-refractivity contribution in [2.75, 3.05) is 40.4 Å². The lowest BCUT2D eigenvalue weighted by Gasteiger charge is -2.18. The van der Waals surface area contributed by atoms with Crippen molar-refractivity contribution in [1.29, 1.82) is 0 Å². The fraction of sp³-hybridized carbons (Fsp3) is 0.791. The zero-order valence-corrected chi connectivity index (χ0v) is 32.1. The molecule has 1 atom stereocenters. The van der Waals surface area contributed by atoms with E-state index in [-0.39, 0.29) is 6.09 Å². The summed E-state index contributed by atoms with van der Waals surface area (Å²) in [5.41, 5.74) is 0. The molecule has 0 aromatic heterocycles. The summed E-state index contributed by atoms with van der Waals surface area (Å²) in [5, 5.41) is 11.9. The van der Waals surface area contributed by atoms with E-state index in [4.69, 9.17) is 9.84 Å². The number of alkyl carbamates (subject to hydrolysis) is 1. The van der Waals surface area contributed by atoms with E-state index in [9.17, 15) is 4.79 Å². The highest BCUT2D eigenvalue weighted by Gasteiger charge is 2.11. The third-order valence-electron chi connectivity index (χ3n) is 8.95. The predicted octanol–water partition coefficient (Wildman–Crippen LogP) is 12.3. The molecule has 0 fully saturated rings. The summed E-state index contributed by atoms with van der Waals surface area (Å²) >= 11 is 0. The van der Waals surface area contributed by atoms with Crippen LogP contribution in [-0.4, -0.2) is 56.5 Å². The molecule has 0 bridgehead atoms. The SMILES string of the molecule is CCCCC/C=C\C/C=C\CCCCCCCCC(CCCCCCCC/C=C\C/C=C\CCCCO)CNC(=O)OCCCN(C)C. The van der Waals surface area contributed by atoms with Crippen LogP contribution in [0.3, 0.4) is 0 Å². The summed E-state index contributed by atoms with van der Waals surface area (Å²) in [7, 11) is 4.09. The first-order chi connectivity index (χ1) is 23.6. The van der Waals surface area contributed by atoms with Crippen LogP contribution in [0.5, 0.6) is 0 Å². The highest BCUT2D eigenvalue weighted by Crippen LogP contribution is 2.19. The van der Waals surface area contributed by atoms with Crippen molar-refractivity contribution in [3.05, 3.63) is 48.6 Å². The molecule has 0 aliphatic heterocycles. The minimum Gasteiger partial charge on any atom is -0.450 e. The maximum atomic E-state index is 12.3. The number of carbonyl (C=O) groups is 1. The molecule has 0 aromatic carbocycles. The molecular formula is C43H80N2O3. The minimum atomic E-state index is -0.251. The van der Waals surface area contributed by atoms with Crippen LogP contribution in [0.25, 0.3) is 0 Å². The van der Waals surface area contributed by atoms with Crippen LogP contribution < -0.4 is 5.32 Å². The van der Waals surface area contributed by atoms with E-state index < -0.39 is 0 Å². The molecule has 5 heteroatoms. The van der Waals surface area contributed by atoms with E-state index in [1.807, 2.05) is 14.1 Å². The van der Waals surface area contributed by atoms with Crippen LogP contribution in [0, 0.1) is 5.92 Å². The molecular weight excluding hydrogens is 592 g/mol. The van der Waals surface area contributed by atoms with Crippen LogP contribution in [0.2, 0.25) is 0 Å². The lowest BCUT2D eigenvalue weighted by Crippen LogP contribution is -2.30. The van der Waals surface area contributed by atoms with E-state index >= 15 is 0 Å². The molecule has 0 rings (SSSR count). The van der Waals surface area contributed by atoms with Gasteiger partial charge in [0.2, 0.25) is 0 Å². The number of hydrogen-bond acceptors (Lipinski definition) is 4. The summed E-state index contributed by atoms with van der Waals surface area (Å²) in [6, 6.07) is 0. The molecule has 1 unspecified atom stereocenters. The van der Waals surface area contributed by atoms with Crippen LogP contribution >= 0.6 is 0 Å². The number of carbonyl (C=O) groups excluding carboxylic acids is 1. The Balaban J connectivity index is 4.09. The third-order valence-corrected chi connectivity index (χ3v) is 8.95. The average Bonchev–Trinajstić information content (AvgIpc) is 3.08. The third kappa shape index (κ3) is 38.6. The predicted molar refractivity (Wildman–Crippen MR) is 211 cm³/mol. The first kappa shape index (κ1) is 46.1. The Hall–Kier alpha value is -1.85. The Kier molecular flexibility index (Phi) is 38.1. The summed E-state index contributed by atoms with van der Waals surface area (Å²) in [4.78, 5) is 14.4. The highest BCUT2D eigenvalue weighted by atomic mass is 16.5. The monoisotopic (exact) mass is 673 g/mol. The number of aliphatic hydroxyl groups is 1. The van der Waals surface area contributed by atoms with Crippen molar-refractivity contribution >= 4 is 6.09 Å². The lowest BCUT2D eigenvalue weighted by atomic mass is 9.94. The van der Waals surface area contributed by atoms with Crippen LogP contribution in [0.1, 0.15) is 174 Å².